The maximum atomic E-state index is 10.5. The molecule has 4 heteroatoms. The molecule has 0 unspecified atom stereocenters. The third-order valence-corrected chi connectivity index (χ3v) is 2.60. The molecule has 1 aromatic rings. The van der Waals surface area contributed by atoms with Crippen LogP contribution in [0.4, 0.5) is 5.69 Å². The summed E-state index contributed by atoms with van der Waals surface area (Å²) in [6.07, 6.45) is 2.00. The Labute approximate surface area is 93.2 Å². The summed E-state index contributed by atoms with van der Waals surface area (Å²) < 4.78 is 0. The third kappa shape index (κ3) is 3.67. The molecule has 80 valence electrons. The van der Waals surface area contributed by atoms with E-state index in [1.807, 2.05) is 30.5 Å². The molecule has 1 aromatic carbocycles. The fourth-order valence-electron chi connectivity index (χ4n) is 1.02. The Bertz CT molecular complexity index is 377. The highest BCUT2D eigenvalue weighted by Crippen LogP contribution is 2.18. The zero-order valence-electron chi connectivity index (χ0n) is 8.49. The molecular formula is C11H13NO2S. The van der Waals surface area contributed by atoms with Crippen molar-refractivity contribution in [1.29, 1.82) is 0 Å². The van der Waals surface area contributed by atoms with Gasteiger partial charge in [0.15, 0.2) is 0 Å². The molecule has 3 nitrogen and oxygen atoms in total. The molecule has 0 saturated heterocycles. The van der Waals surface area contributed by atoms with E-state index in [0.29, 0.717) is 0 Å². The number of rotatable bonds is 5. The second-order valence-electron chi connectivity index (χ2n) is 2.99. The van der Waals surface area contributed by atoms with Gasteiger partial charge in [0.1, 0.15) is 0 Å². The van der Waals surface area contributed by atoms with E-state index in [0.717, 1.165) is 10.6 Å². The zero-order chi connectivity index (χ0) is 11.3. The molecule has 0 aliphatic rings. The van der Waals surface area contributed by atoms with Crippen molar-refractivity contribution in [3.05, 3.63) is 36.4 Å². The average Bonchev–Trinajstić information content (AvgIpc) is 2.26. The normalized spacial score (nSPS) is 9.67. The van der Waals surface area contributed by atoms with Gasteiger partial charge in [-0.3, -0.25) is 0 Å². The molecule has 15 heavy (non-hydrogen) atoms. The van der Waals surface area contributed by atoms with Gasteiger partial charge in [0.05, 0.1) is 0 Å². The van der Waals surface area contributed by atoms with Crippen LogP contribution in [0.5, 0.6) is 0 Å². The molecule has 0 amide bonds. The molecule has 0 saturated carbocycles. The number of thioether (sulfide) groups is 1. The van der Waals surface area contributed by atoms with Crippen LogP contribution in [-0.2, 0) is 4.79 Å². The lowest BCUT2D eigenvalue weighted by Crippen LogP contribution is -2.11. The Kier molecular flexibility index (Phi) is 4.24. The third-order valence-electron chi connectivity index (χ3n) is 1.88. The number of carbonyl (C=O) groups is 1. The van der Waals surface area contributed by atoms with Gasteiger partial charge in [0.25, 0.3) is 0 Å². The first-order chi connectivity index (χ1) is 7.13. The van der Waals surface area contributed by atoms with Gasteiger partial charge in [-0.2, -0.15) is 0 Å². The molecule has 2 N–H and O–H groups in total. The fourth-order valence-corrected chi connectivity index (χ4v) is 1.48. The van der Waals surface area contributed by atoms with Crippen LogP contribution in [-0.4, -0.2) is 23.9 Å². The molecule has 0 fully saturated rings. The summed E-state index contributed by atoms with van der Waals surface area (Å²) in [5.74, 6) is -0.969. The quantitative estimate of drug-likeness (QED) is 0.594. The van der Waals surface area contributed by atoms with E-state index in [-0.39, 0.29) is 12.1 Å². The predicted octanol–water partition coefficient (Wildman–Crippen LogP) is 2.46. The monoisotopic (exact) mass is 223 g/mol. The highest BCUT2D eigenvalue weighted by atomic mass is 32.2. The van der Waals surface area contributed by atoms with Crippen LogP contribution in [0.1, 0.15) is 0 Å². The van der Waals surface area contributed by atoms with E-state index in [9.17, 15) is 4.79 Å². The standard InChI is InChI=1S/C11H13NO2S/c1-8(11(13)14)7-12-9-4-3-5-10(6-9)15-2/h3-6,12H,1,7H2,2H3,(H,13,14). The highest BCUT2D eigenvalue weighted by Gasteiger charge is 2.02. The maximum Gasteiger partial charge on any atom is 0.332 e. The molecule has 0 atom stereocenters. The molecule has 0 radical (unpaired) electrons. The van der Waals surface area contributed by atoms with Gasteiger partial charge in [-0.05, 0) is 24.5 Å². The van der Waals surface area contributed by atoms with Crippen molar-refractivity contribution in [2.24, 2.45) is 0 Å². The lowest BCUT2D eigenvalue weighted by atomic mass is 10.2. The van der Waals surface area contributed by atoms with Crippen molar-refractivity contribution in [3.8, 4) is 0 Å². The van der Waals surface area contributed by atoms with Crippen LogP contribution >= 0.6 is 11.8 Å². The molecule has 0 heterocycles. The predicted molar refractivity (Wildman–Crippen MR) is 63.5 cm³/mol. The average molecular weight is 223 g/mol. The topological polar surface area (TPSA) is 49.3 Å². The molecule has 0 aliphatic carbocycles. The fraction of sp³-hybridized carbons (Fsp3) is 0.182. The van der Waals surface area contributed by atoms with Crippen LogP contribution in [0, 0.1) is 0 Å². The van der Waals surface area contributed by atoms with E-state index < -0.39 is 5.97 Å². The van der Waals surface area contributed by atoms with E-state index >= 15 is 0 Å². The van der Waals surface area contributed by atoms with Gasteiger partial charge < -0.3 is 10.4 Å². The summed E-state index contributed by atoms with van der Waals surface area (Å²) in [6, 6.07) is 7.80. The van der Waals surface area contributed by atoms with Crippen LogP contribution in [0.2, 0.25) is 0 Å². The Morgan fingerprint density at radius 2 is 2.33 bits per heavy atom. The zero-order valence-corrected chi connectivity index (χ0v) is 9.30. The van der Waals surface area contributed by atoms with Crippen molar-refractivity contribution in [1.82, 2.24) is 0 Å². The first-order valence-corrected chi connectivity index (χ1v) is 5.65. The highest BCUT2D eigenvalue weighted by molar-refractivity contribution is 7.98. The Hall–Kier alpha value is -1.42. The van der Waals surface area contributed by atoms with Crippen molar-refractivity contribution in [2.45, 2.75) is 4.90 Å². The summed E-state index contributed by atoms with van der Waals surface area (Å²) in [7, 11) is 0. The van der Waals surface area contributed by atoms with E-state index in [1.165, 1.54) is 0 Å². The number of benzene rings is 1. The number of nitrogens with one attached hydrogen (secondary N) is 1. The first kappa shape index (κ1) is 11.7. The SMILES string of the molecule is C=C(CNc1cccc(SC)c1)C(=O)O. The Morgan fingerprint density at radius 1 is 1.60 bits per heavy atom. The summed E-state index contributed by atoms with van der Waals surface area (Å²) >= 11 is 1.64. The van der Waals surface area contributed by atoms with Crippen LogP contribution < -0.4 is 5.32 Å². The van der Waals surface area contributed by atoms with Crippen molar-refractivity contribution in [3.63, 3.8) is 0 Å². The molecular weight excluding hydrogens is 210 g/mol. The number of carboxylic acids is 1. The van der Waals surface area contributed by atoms with Crippen molar-refractivity contribution < 1.29 is 9.90 Å². The van der Waals surface area contributed by atoms with Gasteiger partial charge >= 0.3 is 5.97 Å². The van der Waals surface area contributed by atoms with E-state index in [1.54, 1.807) is 11.8 Å². The van der Waals surface area contributed by atoms with Crippen LogP contribution in [0.15, 0.2) is 41.3 Å². The van der Waals surface area contributed by atoms with Crippen molar-refractivity contribution >= 4 is 23.4 Å². The van der Waals surface area contributed by atoms with Gasteiger partial charge in [0.2, 0.25) is 0 Å². The van der Waals surface area contributed by atoms with E-state index in [2.05, 4.69) is 11.9 Å². The molecule has 0 aliphatic heterocycles. The second-order valence-corrected chi connectivity index (χ2v) is 3.87. The largest absolute Gasteiger partial charge is 0.478 e. The molecule has 0 spiro atoms. The van der Waals surface area contributed by atoms with Gasteiger partial charge in [-0.15, -0.1) is 11.8 Å². The Balaban J connectivity index is 2.57. The summed E-state index contributed by atoms with van der Waals surface area (Å²) in [5, 5.41) is 11.6. The second kappa shape index (κ2) is 5.46. The summed E-state index contributed by atoms with van der Waals surface area (Å²) in [5.41, 5.74) is 1.06. The Morgan fingerprint density at radius 3 is 2.93 bits per heavy atom. The molecule has 1 rings (SSSR count). The number of hydrogen-bond donors (Lipinski definition) is 2. The lowest BCUT2D eigenvalue weighted by molar-refractivity contribution is -0.132. The number of anilines is 1. The minimum Gasteiger partial charge on any atom is -0.478 e. The maximum absolute atomic E-state index is 10.5. The number of hydrogen-bond acceptors (Lipinski definition) is 3. The summed E-state index contributed by atoms with van der Waals surface area (Å²) in [6.45, 7) is 3.70. The van der Waals surface area contributed by atoms with Gasteiger partial charge in [-0.1, -0.05) is 12.6 Å². The van der Waals surface area contributed by atoms with Gasteiger partial charge in [0, 0.05) is 22.7 Å². The van der Waals surface area contributed by atoms with Crippen LogP contribution in [0.25, 0.3) is 0 Å². The number of aliphatic carboxylic acids is 1. The van der Waals surface area contributed by atoms with Crippen molar-refractivity contribution in [2.75, 3.05) is 18.1 Å². The lowest BCUT2D eigenvalue weighted by Gasteiger charge is -2.07. The van der Waals surface area contributed by atoms with Gasteiger partial charge in [-0.25, -0.2) is 4.79 Å². The van der Waals surface area contributed by atoms with E-state index in [4.69, 9.17) is 5.11 Å². The van der Waals surface area contributed by atoms with Crippen LogP contribution in [0.3, 0.4) is 0 Å². The minimum atomic E-state index is -0.969. The molecule has 0 bridgehead atoms. The summed E-state index contributed by atoms with van der Waals surface area (Å²) in [4.78, 5) is 11.6. The molecule has 0 aromatic heterocycles. The minimum absolute atomic E-state index is 0.157. The number of carboxylic acid groups (broad SMARTS) is 1. The smallest absolute Gasteiger partial charge is 0.332 e. The first-order valence-electron chi connectivity index (χ1n) is 4.42.